The number of fused-ring (bicyclic) bond motifs is 1. The molecule has 0 aliphatic carbocycles. The van der Waals surface area contributed by atoms with E-state index in [1.807, 2.05) is 26.1 Å². The summed E-state index contributed by atoms with van der Waals surface area (Å²) in [6, 6.07) is 5.34. The number of carbonyl (C=O) groups is 1. The largest absolute Gasteiger partial charge is 0.359 e. The van der Waals surface area contributed by atoms with Crippen molar-refractivity contribution >= 4 is 22.6 Å². The van der Waals surface area contributed by atoms with Crippen molar-refractivity contribution in [3.05, 3.63) is 40.2 Å². The third-order valence-electron chi connectivity index (χ3n) is 4.15. The van der Waals surface area contributed by atoms with Crippen molar-refractivity contribution in [2.24, 2.45) is 0 Å². The maximum Gasteiger partial charge on any atom is 0.322 e. The zero-order valence-corrected chi connectivity index (χ0v) is 12.8. The molecule has 1 aromatic heterocycles. The highest BCUT2D eigenvalue weighted by atomic mass is 16.2. The number of piperazine rings is 1. The fraction of sp³-hybridized carbons (Fsp3) is 0.375. The number of benzene rings is 1. The molecular weight excluding hydrogens is 280 g/mol. The van der Waals surface area contributed by atoms with Crippen molar-refractivity contribution in [2.75, 3.05) is 38.5 Å². The van der Waals surface area contributed by atoms with Gasteiger partial charge in [-0.25, -0.2) is 4.79 Å². The number of nitrogens with one attached hydrogen (secondary N) is 2. The Hall–Kier alpha value is -2.34. The Morgan fingerprint density at radius 3 is 2.68 bits per heavy atom. The number of likely N-dealkylation sites (N-methyl/N-ethyl adjacent to an activating group) is 1. The summed E-state index contributed by atoms with van der Waals surface area (Å²) in [5.41, 5.74) is 1.96. The molecule has 2 amide bonds. The van der Waals surface area contributed by atoms with Gasteiger partial charge in [0.25, 0.3) is 0 Å². The number of amides is 2. The molecule has 1 aromatic carbocycles. The van der Waals surface area contributed by atoms with Crippen molar-refractivity contribution in [2.45, 2.75) is 6.92 Å². The van der Waals surface area contributed by atoms with Crippen LogP contribution in [0.2, 0.25) is 0 Å². The number of para-hydroxylation sites is 1. The number of H-pyrrole nitrogens is 1. The number of aromatic nitrogens is 1. The first-order valence-corrected chi connectivity index (χ1v) is 7.42. The number of aryl methyl sites for hydroxylation is 1. The zero-order chi connectivity index (χ0) is 15.7. The molecule has 0 bridgehead atoms. The lowest BCUT2D eigenvalue weighted by atomic mass is 10.1. The number of carbonyl (C=O) groups excluding carboxylic acids is 1. The van der Waals surface area contributed by atoms with Crippen LogP contribution in [0.3, 0.4) is 0 Å². The summed E-state index contributed by atoms with van der Waals surface area (Å²) in [4.78, 5) is 31.8. The molecule has 2 N–H and O–H groups in total. The maximum atomic E-state index is 12.5. The van der Waals surface area contributed by atoms with E-state index in [9.17, 15) is 9.59 Å². The van der Waals surface area contributed by atoms with Gasteiger partial charge in [-0.05, 0) is 25.6 Å². The first kappa shape index (κ1) is 14.6. The number of anilines is 1. The standard InChI is InChI=1S/C16H20N4O2/c1-11-4-3-5-12-14(11)17-10-13(15(12)21)18-16(22)20-8-6-19(2)7-9-20/h3-5,10H,6-9H2,1-2H3,(H,17,21)(H,18,22). The minimum atomic E-state index is -0.217. The van der Waals surface area contributed by atoms with E-state index in [1.165, 1.54) is 0 Å². The van der Waals surface area contributed by atoms with Gasteiger partial charge >= 0.3 is 6.03 Å². The fourth-order valence-corrected chi connectivity index (χ4v) is 2.70. The molecule has 1 fully saturated rings. The molecule has 1 aliphatic rings. The van der Waals surface area contributed by atoms with Gasteiger partial charge < -0.3 is 20.1 Å². The molecule has 0 saturated carbocycles. The molecule has 1 saturated heterocycles. The van der Waals surface area contributed by atoms with Crippen LogP contribution >= 0.6 is 0 Å². The minimum absolute atomic E-state index is 0.153. The quantitative estimate of drug-likeness (QED) is 0.841. The Bertz CT molecular complexity index is 760. The zero-order valence-electron chi connectivity index (χ0n) is 12.8. The predicted octanol–water partition coefficient (Wildman–Crippen LogP) is 1.62. The van der Waals surface area contributed by atoms with Gasteiger partial charge in [0, 0.05) is 37.8 Å². The highest BCUT2D eigenvalue weighted by Gasteiger charge is 2.20. The molecule has 6 nitrogen and oxygen atoms in total. The average Bonchev–Trinajstić information content (AvgIpc) is 2.51. The molecule has 2 aromatic rings. The lowest BCUT2D eigenvalue weighted by Gasteiger charge is -2.32. The van der Waals surface area contributed by atoms with E-state index in [4.69, 9.17) is 0 Å². The summed E-state index contributed by atoms with van der Waals surface area (Å²) in [6.45, 7) is 4.99. The molecule has 6 heteroatoms. The second-order valence-electron chi connectivity index (χ2n) is 5.75. The molecule has 0 radical (unpaired) electrons. The number of rotatable bonds is 1. The molecule has 0 atom stereocenters. The monoisotopic (exact) mass is 300 g/mol. The van der Waals surface area contributed by atoms with Crippen molar-refractivity contribution in [1.29, 1.82) is 0 Å². The Morgan fingerprint density at radius 1 is 1.23 bits per heavy atom. The summed E-state index contributed by atoms with van der Waals surface area (Å²) in [5.74, 6) is 0. The molecule has 116 valence electrons. The Kier molecular flexibility index (Phi) is 3.85. The van der Waals surface area contributed by atoms with Crippen LogP contribution in [0.15, 0.2) is 29.2 Å². The molecule has 0 spiro atoms. The van der Waals surface area contributed by atoms with Gasteiger partial charge in [0.1, 0.15) is 5.69 Å². The van der Waals surface area contributed by atoms with Crippen LogP contribution in [0.1, 0.15) is 5.56 Å². The smallest absolute Gasteiger partial charge is 0.322 e. The van der Waals surface area contributed by atoms with Crippen LogP contribution in [-0.4, -0.2) is 54.0 Å². The number of pyridine rings is 1. The minimum Gasteiger partial charge on any atom is -0.359 e. The van der Waals surface area contributed by atoms with Crippen LogP contribution in [0.5, 0.6) is 0 Å². The van der Waals surface area contributed by atoms with Gasteiger partial charge in [-0.1, -0.05) is 12.1 Å². The maximum absolute atomic E-state index is 12.5. The van der Waals surface area contributed by atoms with Crippen LogP contribution in [0.25, 0.3) is 10.9 Å². The molecule has 0 unspecified atom stereocenters. The lowest BCUT2D eigenvalue weighted by molar-refractivity contribution is 0.164. The summed E-state index contributed by atoms with van der Waals surface area (Å²) < 4.78 is 0. The SMILES string of the molecule is Cc1cccc2c(=O)c(NC(=O)N3CCN(C)CC3)c[nH]c12. The van der Waals surface area contributed by atoms with Gasteiger partial charge in [0.2, 0.25) is 5.43 Å². The molecule has 3 rings (SSSR count). The van der Waals surface area contributed by atoms with Gasteiger partial charge in [-0.2, -0.15) is 0 Å². The van der Waals surface area contributed by atoms with Crippen molar-refractivity contribution in [1.82, 2.24) is 14.8 Å². The van der Waals surface area contributed by atoms with Gasteiger partial charge in [-0.15, -0.1) is 0 Å². The first-order valence-electron chi connectivity index (χ1n) is 7.42. The van der Waals surface area contributed by atoms with E-state index in [2.05, 4.69) is 15.2 Å². The molecule has 2 heterocycles. The highest BCUT2D eigenvalue weighted by Crippen LogP contribution is 2.14. The number of nitrogens with zero attached hydrogens (tertiary/aromatic N) is 2. The fourth-order valence-electron chi connectivity index (χ4n) is 2.70. The predicted molar refractivity (Wildman–Crippen MR) is 87.4 cm³/mol. The summed E-state index contributed by atoms with van der Waals surface area (Å²) in [5, 5.41) is 3.32. The highest BCUT2D eigenvalue weighted by molar-refractivity contribution is 5.92. The summed E-state index contributed by atoms with van der Waals surface area (Å²) in [6.07, 6.45) is 1.58. The number of hydrogen-bond acceptors (Lipinski definition) is 3. The van der Waals surface area contributed by atoms with Crippen LogP contribution in [-0.2, 0) is 0 Å². The molecule has 22 heavy (non-hydrogen) atoms. The third kappa shape index (κ3) is 2.69. The van der Waals surface area contributed by atoms with Gasteiger partial charge in [-0.3, -0.25) is 4.79 Å². The molecule has 1 aliphatic heterocycles. The van der Waals surface area contributed by atoms with Crippen molar-refractivity contribution < 1.29 is 4.79 Å². The van der Waals surface area contributed by atoms with E-state index in [-0.39, 0.29) is 11.5 Å². The second kappa shape index (κ2) is 5.81. The first-order chi connectivity index (χ1) is 10.6. The van der Waals surface area contributed by atoms with E-state index in [0.717, 1.165) is 24.2 Å². The van der Waals surface area contributed by atoms with Crippen molar-refractivity contribution in [3.63, 3.8) is 0 Å². The summed E-state index contributed by atoms with van der Waals surface area (Å²) >= 11 is 0. The number of aromatic amines is 1. The topological polar surface area (TPSA) is 68.4 Å². The van der Waals surface area contributed by atoms with E-state index < -0.39 is 0 Å². The van der Waals surface area contributed by atoms with Gasteiger partial charge in [0.15, 0.2) is 0 Å². The number of urea groups is 1. The van der Waals surface area contributed by atoms with Crippen molar-refractivity contribution in [3.8, 4) is 0 Å². The van der Waals surface area contributed by atoms with Crippen LogP contribution in [0, 0.1) is 6.92 Å². The van der Waals surface area contributed by atoms with Crippen LogP contribution in [0.4, 0.5) is 10.5 Å². The number of hydrogen-bond donors (Lipinski definition) is 2. The Balaban J connectivity index is 1.84. The van der Waals surface area contributed by atoms with Gasteiger partial charge in [0.05, 0.1) is 5.52 Å². The van der Waals surface area contributed by atoms with Crippen LogP contribution < -0.4 is 10.7 Å². The van der Waals surface area contributed by atoms with E-state index in [1.54, 1.807) is 17.2 Å². The van der Waals surface area contributed by atoms with E-state index in [0.29, 0.717) is 24.2 Å². The summed E-state index contributed by atoms with van der Waals surface area (Å²) in [7, 11) is 2.03. The Labute approximate surface area is 128 Å². The Morgan fingerprint density at radius 2 is 1.95 bits per heavy atom. The molecular formula is C16H20N4O2. The third-order valence-corrected chi connectivity index (χ3v) is 4.15. The van der Waals surface area contributed by atoms with E-state index >= 15 is 0 Å². The second-order valence-corrected chi connectivity index (χ2v) is 5.75. The average molecular weight is 300 g/mol. The lowest BCUT2D eigenvalue weighted by Crippen LogP contribution is -2.48. The normalized spacial score (nSPS) is 16.0.